The molecule has 0 spiro atoms. The maximum Gasteiger partial charge on any atom is 0.407 e. The fourth-order valence-electron chi connectivity index (χ4n) is 3.21. The third kappa shape index (κ3) is 5.54. The van der Waals surface area contributed by atoms with E-state index in [1.54, 1.807) is 0 Å². The smallest absolute Gasteiger partial charge is 0.407 e. The number of alkyl carbamates (subject to hydrolysis) is 1. The van der Waals surface area contributed by atoms with E-state index in [9.17, 15) is 4.79 Å². The zero-order valence-corrected chi connectivity index (χ0v) is 15.9. The monoisotopic (exact) mass is 344 g/mol. The SMILES string of the molecule is CCOC1CC(NC(=O)OC(C)(C)C)C1NC1CCCSC1C. The second kappa shape index (κ2) is 8.08. The summed E-state index contributed by atoms with van der Waals surface area (Å²) in [6, 6.07) is 0.749. The predicted octanol–water partition coefficient (Wildman–Crippen LogP) is 2.93. The average molecular weight is 345 g/mol. The molecule has 2 fully saturated rings. The fourth-order valence-corrected chi connectivity index (χ4v) is 4.37. The second-order valence-corrected chi connectivity index (χ2v) is 8.98. The third-order valence-corrected chi connectivity index (χ3v) is 5.80. The van der Waals surface area contributed by atoms with Gasteiger partial charge in [0.2, 0.25) is 0 Å². The molecular formula is C17H32N2O3S. The first kappa shape index (κ1) is 18.9. The average Bonchev–Trinajstić information content (AvgIpc) is 2.43. The number of ether oxygens (including phenoxy) is 2. The molecule has 1 saturated carbocycles. The quantitative estimate of drug-likeness (QED) is 0.803. The van der Waals surface area contributed by atoms with Crippen molar-refractivity contribution in [1.29, 1.82) is 0 Å². The van der Waals surface area contributed by atoms with Crippen molar-refractivity contribution in [2.75, 3.05) is 12.4 Å². The van der Waals surface area contributed by atoms with Crippen LogP contribution in [-0.4, -0.2) is 53.5 Å². The summed E-state index contributed by atoms with van der Waals surface area (Å²) in [5.74, 6) is 1.25. The van der Waals surface area contributed by atoms with E-state index in [0.717, 1.165) is 6.42 Å². The maximum absolute atomic E-state index is 12.0. The number of nitrogens with one attached hydrogen (secondary N) is 2. The van der Waals surface area contributed by atoms with Crippen molar-refractivity contribution in [2.45, 2.75) is 89.0 Å². The molecule has 134 valence electrons. The number of thioether (sulfide) groups is 1. The van der Waals surface area contributed by atoms with Gasteiger partial charge < -0.3 is 20.1 Å². The van der Waals surface area contributed by atoms with Gasteiger partial charge >= 0.3 is 6.09 Å². The molecule has 6 heteroatoms. The highest BCUT2D eigenvalue weighted by atomic mass is 32.2. The van der Waals surface area contributed by atoms with Crippen LogP contribution in [0.1, 0.15) is 53.9 Å². The van der Waals surface area contributed by atoms with Gasteiger partial charge in [0.1, 0.15) is 5.60 Å². The van der Waals surface area contributed by atoms with Gasteiger partial charge in [0, 0.05) is 17.9 Å². The van der Waals surface area contributed by atoms with E-state index in [4.69, 9.17) is 9.47 Å². The Balaban J connectivity index is 1.90. The van der Waals surface area contributed by atoms with Crippen molar-refractivity contribution >= 4 is 17.9 Å². The largest absolute Gasteiger partial charge is 0.444 e. The Kier molecular flexibility index (Phi) is 6.63. The zero-order valence-electron chi connectivity index (χ0n) is 15.1. The number of hydrogen-bond donors (Lipinski definition) is 2. The first-order valence-corrected chi connectivity index (χ1v) is 9.84. The number of carbonyl (C=O) groups is 1. The first-order chi connectivity index (χ1) is 10.8. The summed E-state index contributed by atoms with van der Waals surface area (Å²) in [6.07, 6.45) is 3.14. The van der Waals surface area contributed by atoms with Crippen molar-refractivity contribution in [2.24, 2.45) is 0 Å². The van der Waals surface area contributed by atoms with Gasteiger partial charge in [0.05, 0.1) is 18.2 Å². The molecule has 5 nitrogen and oxygen atoms in total. The molecule has 0 bridgehead atoms. The molecule has 1 aliphatic heterocycles. The van der Waals surface area contributed by atoms with Crippen LogP contribution in [0.2, 0.25) is 0 Å². The lowest BCUT2D eigenvalue weighted by Gasteiger charge is -2.47. The van der Waals surface area contributed by atoms with Crippen LogP contribution in [0.5, 0.6) is 0 Å². The van der Waals surface area contributed by atoms with Crippen molar-refractivity contribution in [3.63, 3.8) is 0 Å². The summed E-state index contributed by atoms with van der Waals surface area (Å²) in [7, 11) is 0. The fraction of sp³-hybridized carbons (Fsp3) is 0.941. The summed E-state index contributed by atoms with van der Waals surface area (Å²) in [4.78, 5) is 12.0. The molecule has 1 saturated heterocycles. The van der Waals surface area contributed by atoms with E-state index in [-0.39, 0.29) is 24.3 Å². The van der Waals surface area contributed by atoms with Gasteiger partial charge in [-0.3, -0.25) is 0 Å². The molecule has 1 amide bonds. The van der Waals surface area contributed by atoms with E-state index in [1.807, 2.05) is 39.5 Å². The Morgan fingerprint density at radius 2 is 2.04 bits per heavy atom. The van der Waals surface area contributed by atoms with E-state index >= 15 is 0 Å². The summed E-state index contributed by atoms with van der Waals surface area (Å²) >= 11 is 2.02. The predicted molar refractivity (Wildman–Crippen MR) is 95.1 cm³/mol. The molecule has 1 aliphatic carbocycles. The highest BCUT2D eigenvalue weighted by molar-refractivity contribution is 7.99. The molecule has 5 atom stereocenters. The van der Waals surface area contributed by atoms with Gasteiger partial charge in [-0.15, -0.1) is 0 Å². The van der Waals surface area contributed by atoms with E-state index in [1.165, 1.54) is 18.6 Å². The van der Waals surface area contributed by atoms with Crippen molar-refractivity contribution in [3.8, 4) is 0 Å². The lowest BCUT2D eigenvalue weighted by atomic mass is 9.81. The van der Waals surface area contributed by atoms with Crippen molar-refractivity contribution in [1.82, 2.24) is 10.6 Å². The first-order valence-electron chi connectivity index (χ1n) is 8.79. The maximum atomic E-state index is 12.0. The molecule has 1 heterocycles. The Bertz CT molecular complexity index is 400. The Morgan fingerprint density at radius 3 is 2.65 bits per heavy atom. The van der Waals surface area contributed by atoms with Gasteiger partial charge in [-0.2, -0.15) is 11.8 Å². The molecular weight excluding hydrogens is 312 g/mol. The van der Waals surface area contributed by atoms with Crippen LogP contribution in [0, 0.1) is 0 Å². The van der Waals surface area contributed by atoms with Gasteiger partial charge in [0.15, 0.2) is 0 Å². The van der Waals surface area contributed by atoms with Crippen molar-refractivity contribution in [3.05, 3.63) is 0 Å². The number of rotatable bonds is 5. The molecule has 5 unspecified atom stereocenters. The minimum atomic E-state index is -0.468. The summed E-state index contributed by atoms with van der Waals surface area (Å²) in [6.45, 7) is 10.7. The third-order valence-electron chi connectivity index (χ3n) is 4.42. The van der Waals surface area contributed by atoms with Crippen LogP contribution in [0.15, 0.2) is 0 Å². The second-order valence-electron chi connectivity index (χ2n) is 7.50. The Hall–Kier alpha value is -0.460. The normalized spacial score (nSPS) is 34.6. The van der Waals surface area contributed by atoms with Crippen LogP contribution in [0.4, 0.5) is 4.79 Å². The standard InChI is InChI=1S/C17H32N2O3S/c1-6-21-14-10-13(19-16(20)22-17(3,4)5)15(14)18-12-8-7-9-23-11(12)2/h11-15,18H,6-10H2,1-5H3,(H,19,20). The van der Waals surface area contributed by atoms with Crippen LogP contribution in [-0.2, 0) is 9.47 Å². The van der Waals surface area contributed by atoms with Crippen molar-refractivity contribution < 1.29 is 14.3 Å². The van der Waals surface area contributed by atoms with Gasteiger partial charge in [0.25, 0.3) is 0 Å². The Labute approximate surface area is 144 Å². The van der Waals surface area contributed by atoms with Gasteiger partial charge in [-0.25, -0.2) is 4.79 Å². The topological polar surface area (TPSA) is 59.6 Å². The molecule has 2 aliphatic rings. The molecule has 23 heavy (non-hydrogen) atoms. The molecule has 0 radical (unpaired) electrons. The Morgan fingerprint density at radius 1 is 1.30 bits per heavy atom. The lowest BCUT2D eigenvalue weighted by Crippen LogP contribution is -2.68. The molecule has 0 aromatic rings. The summed E-state index contributed by atoms with van der Waals surface area (Å²) < 4.78 is 11.2. The highest BCUT2D eigenvalue weighted by Crippen LogP contribution is 2.30. The minimum Gasteiger partial charge on any atom is -0.444 e. The van der Waals surface area contributed by atoms with Crippen LogP contribution >= 0.6 is 11.8 Å². The van der Waals surface area contributed by atoms with Crippen LogP contribution in [0.25, 0.3) is 0 Å². The van der Waals surface area contributed by atoms with E-state index < -0.39 is 5.60 Å². The molecule has 0 aromatic carbocycles. The minimum absolute atomic E-state index is 0.0838. The number of carbonyl (C=O) groups excluding carboxylic acids is 1. The molecule has 2 N–H and O–H groups in total. The summed E-state index contributed by atoms with van der Waals surface area (Å²) in [5, 5.41) is 7.35. The molecule has 2 rings (SSSR count). The van der Waals surface area contributed by atoms with Gasteiger partial charge in [-0.1, -0.05) is 6.92 Å². The van der Waals surface area contributed by atoms with Gasteiger partial charge in [-0.05, 0) is 52.7 Å². The lowest BCUT2D eigenvalue weighted by molar-refractivity contribution is -0.0469. The van der Waals surface area contributed by atoms with E-state index in [0.29, 0.717) is 17.9 Å². The number of hydrogen-bond acceptors (Lipinski definition) is 5. The van der Waals surface area contributed by atoms with E-state index in [2.05, 4.69) is 17.6 Å². The summed E-state index contributed by atoms with van der Waals surface area (Å²) in [5.41, 5.74) is -0.468. The van der Waals surface area contributed by atoms with Crippen LogP contribution in [0.3, 0.4) is 0 Å². The number of amides is 1. The molecule has 0 aromatic heterocycles. The zero-order chi connectivity index (χ0) is 17.0. The highest BCUT2D eigenvalue weighted by Gasteiger charge is 2.44. The van der Waals surface area contributed by atoms with Crippen LogP contribution < -0.4 is 10.6 Å².